The lowest BCUT2D eigenvalue weighted by molar-refractivity contribution is -0.138. The largest absolute Gasteiger partial charge is 0.504 e. The van der Waals surface area contributed by atoms with Crippen molar-refractivity contribution in [3.63, 3.8) is 0 Å². The van der Waals surface area contributed by atoms with Crippen LogP contribution in [0.5, 0.6) is 11.5 Å². The molecule has 3 aromatic carbocycles. The number of aromatic hydroxyl groups is 1. The van der Waals surface area contributed by atoms with E-state index in [1.165, 1.54) is 23.0 Å². The number of aromatic nitrogens is 1. The van der Waals surface area contributed by atoms with Gasteiger partial charge < -0.3 is 14.6 Å². The van der Waals surface area contributed by atoms with Gasteiger partial charge in [-0.3, -0.25) is 9.36 Å². The van der Waals surface area contributed by atoms with Crippen molar-refractivity contribution in [3.8, 4) is 11.5 Å². The Kier molecular flexibility index (Phi) is 6.74. The first-order valence-corrected chi connectivity index (χ1v) is 12.5. The van der Waals surface area contributed by atoms with Crippen LogP contribution < -0.4 is 19.6 Å². The fourth-order valence-corrected chi connectivity index (χ4v) is 5.34. The average Bonchev–Trinajstić information content (AvgIpc) is 3.24. The van der Waals surface area contributed by atoms with Crippen LogP contribution in [0.3, 0.4) is 0 Å². The Morgan fingerprint density at radius 1 is 1.05 bits per heavy atom. The number of thiazole rings is 1. The lowest BCUT2D eigenvalue weighted by Gasteiger charge is -2.25. The molecule has 1 aliphatic heterocycles. The van der Waals surface area contributed by atoms with Crippen molar-refractivity contribution in [3.05, 3.63) is 121 Å². The van der Waals surface area contributed by atoms with E-state index in [1.54, 1.807) is 31.2 Å². The zero-order valence-electron chi connectivity index (χ0n) is 20.3. The van der Waals surface area contributed by atoms with E-state index in [0.29, 0.717) is 31.9 Å². The van der Waals surface area contributed by atoms with Crippen molar-refractivity contribution in [1.29, 1.82) is 0 Å². The Labute approximate surface area is 216 Å². The molecule has 37 heavy (non-hydrogen) atoms. The fraction of sp³-hybridized carbons (Fsp3) is 0.138. The monoisotopic (exact) mass is 512 g/mol. The maximum Gasteiger partial charge on any atom is 0.338 e. The number of hydrogen-bond acceptors (Lipinski definition) is 7. The Balaban J connectivity index is 1.83. The Morgan fingerprint density at radius 2 is 1.76 bits per heavy atom. The number of ether oxygens (including phenoxy) is 2. The zero-order valence-corrected chi connectivity index (χ0v) is 21.1. The van der Waals surface area contributed by atoms with E-state index in [1.807, 2.05) is 60.7 Å². The third-order valence-electron chi connectivity index (χ3n) is 6.03. The number of para-hydroxylation sites is 1. The summed E-state index contributed by atoms with van der Waals surface area (Å²) < 4.78 is 12.6. The first kappa shape index (κ1) is 24.3. The zero-order chi connectivity index (χ0) is 25.9. The highest BCUT2D eigenvalue weighted by atomic mass is 32.1. The van der Waals surface area contributed by atoms with E-state index in [9.17, 15) is 14.7 Å². The molecule has 0 saturated carbocycles. The second kappa shape index (κ2) is 10.3. The maximum absolute atomic E-state index is 13.8. The molecule has 0 spiro atoms. The van der Waals surface area contributed by atoms with Gasteiger partial charge in [-0.2, -0.15) is 0 Å². The molecule has 0 fully saturated rings. The predicted octanol–water partition coefficient (Wildman–Crippen LogP) is 3.65. The third-order valence-corrected chi connectivity index (χ3v) is 7.01. The molecule has 0 aliphatic carbocycles. The normalized spacial score (nSPS) is 15.2. The number of rotatable bonds is 6. The summed E-state index contributed by atoms with van der Waals surface area (Å²) in [6.07, 6.45) is 1.61. The molecular formula is C29H24N2O5S. The fourth-order valence-electron chi connectivity index (χ4n) is 4.35. The van der Waals surface area contributed by atoms with Crippen molar-refractivity contribution in [2.24, 2.45) is 4.99 Å². The quantitative estimate of drug-likeness (QED) is 0.399. The molecule has 8 heteroatoms. The Morgan fingerprint density at radius 3 is 2.43 bits per heavy atom. The van der Waals surface area contributed by atoms with E-state index in [-0.39, 0.29) is 17.9 Å². The smallest absolute Gasteiger partial charge is 0.338 e. The van der Waals surface area contributed by atoms with Crippen LogP contribution in [0, 0.1) is 0 Å². The number of phenols is 1. The topological polar surface area (TPSA) is 90.1 Å². The summed E-state index contributed by atoms with van der Waals surface area (Å²) in [5.74, 6) is -0.286. The molecule has 0 amide bonds. The predicted molar refractivity (Wildman–Crippen MR) is 142 cm³/mol. The molecule has 2 heterocycles. The van der Waals surface area contributed by atoms with Crippen molar-refractivity contribution >= 4 is 29.1 Å². The number of carbonyl (C=O) groups is 1. The minimum atomic E-state index is -0.743. The van der Waals surface area contributed by atoms with Crippen LogP contribution in [0.25, 0.3) is 11.8 Å². The molecule has 0 saturated heterocycles. The minimum absolute atomic E-state index is 0.0624. The number of fused-ring (bicyclic) bond motifs is 1. The molecule has 0 bridgehead atoms. The molecule has 1 aromatic heterocycles. The van der Waals surface area contributed by atoms with Gasteiger partial charge in [0.2, 0.25) is 0 Å². The summed E-state index contributed by atoms with van der Waals surface area (Å²) in [6.45, 7) is 1.93. The molecule has 1 N–H and O–H groups in total. The summed E-state index contributed by atoms with van der Waals surface area (Å²) >= 11 is 1.19. The van der Waals surface area contributed by atoms with Gasteiger partial charge >= 0.3 is 5.97 Å². The van der Waals surface area contributed by atoms with E-state index >= 15 is 0 Å². The first-order chi connectivity index (χ1) is 18.0. The van der Waals surface area contributed by atoms with Crippen molar-refractivity contribution < 1.29 is 19.4 Å². The van der Waals surface area contributed by atoms with Gasteiger partial charge in [0.25, 0.3) is 5.56 Å². The molecule has 4 aromatic rings. The van der Waals surface area contributed by atoms with Crippen LogP contribution in [-0.2, 0) is 9.53 Å². The van der Waals surface area contributed by atoms with E-state index < -0.39 is 12.0 Å². The lowest BCUT2D eigenvalue weighted by atomic mass is 9.93. The molecular weight excluding hydrogens is 488 g/mol. The van der Waals surface area contributed by atoms with Crippen molar-refractivity contribution in [2.75, 3.05) is 13.7 Å². The van der Waals surface area contributed by atoms with Gasteiger partial charge in [-0.1, -0.05) is 84.1 Å². The molecule has 1 aliphatic rings. The van der Waals surface area contributed by atoms with Crippen molar-refractivity contribution in [1.82, 2.24) is 4.57 Å². The highest BCUT2D eigenvalue weighted by Gasteiger charge is 2.35. The summed E-state index contributed by atoms with van der Waals surface area (Å²) in [4.78, 5) is 32.5. The Hall–Kier alpha value is -4.43. The van der Waals surface area contributed by atoms with Crippen LogP contribution in [-0.4, -0.2) is 29.4 Å². The van der Waals surface area contributed by atoms with Crippen LogP contribution in [0.2, 0.25) is 0 Å². The molecule has 5 rings (SSSR count). The van der Waals surface area contributed by atoms with Gasteiger partial charge in [-0.25, -0.2) is 9.79 Å². The van der Waals surface area contributed by atoms with Crippen LogP contribution in [0.15, 0.2) is 94.2 Å². The van der Waals surface area contributed by atoms with Gasteiger partial charge in [0.15, 0.2) is 16.3 Å². The van der Waals surface area contributed by atoms with Gasteiger partial charge in [-0.15, -0.1) is 0 Å². The van der Waals surface area contributed by atoms with E-state index in [2.05, 4.69) is 0 Å². The summed E-state index contributed by atoms with van der Waals surface area (Å²) in [5, 5.41) is 10.6. The van der Waals surface area contributed by atoms with Crippen molar-refractivity contribution in [2.45, 2.75) is 13.0 Å². The summed E-state index contributed by atoms with van der Waals surface area (Å²) in [6, 6.07) is 23.1. The minimum Gasteiger partial charge on any atom is -0.504 e. The molecule has 0 unspecified atom stereocenters. The number of esters is 1. The molecule has 0 radical (unpaired) electrons. The second-order valence-corrected chi connectivity index (χ2v) is 9.25. The van der Waals surface area contributed by atoms with Crippen LogP contribution in [0.1, 0.15) is 29.7 Å². The van der Waals surface area contributed by atoms with Crippen LogP contribution >= 0.6 is 11.3 Å². The Bertz CT molecular complexity index is 1670. The van der Waals surface area contributed by atoms with Crippen LogP contribution in [0.4, 0.5) is 0 Å². The highest BCUT2D eigenvalue weighted by Crippen LogP contribution is 2.35. The summed E-state index contributed by atoms with van der Waals surface area (Å²) in [7, 11) is 1.47. The van der Waals surface area contributed by atoms with Gasteiger partial charge in [0.1, 0.15) is 0 Å². The second-order valence-electron chi connectivity index (χ2n) is 8.24. The maximum atomic E-state index is 13.8. The molecule has 186 valence electrons. The molecule has 7 nitrogen and oxygen atoms in total. The average molecular weight is 513 g/mol. The third kappa shape index (κ3) is 4.47. The SMILES string of the molecule is CCOC(=O)C1=C(c2ccccc2)N=c2s/c(=C\c3cccc(OC)c3O)c(=O)n2[C@H]1c1ccccc1. The first-order valence-electron chi connectivity index (χ1n) is 11.7. The van der Waals surface area contributed by atoms with Gasteiger partial charge in [-0.05, 0) is 24.6 Å². The van der Waals surface area contributed by atoms with E-state index in [0.717, 1.165) is 11.1 Å². The summed E-state index contributed by atoms with van der Waals surface area (Å²) in [5.41, 5.74) is 2.37. The number of methoxy groups -OCH3 is 1. The van der Waals surface area contributed by atoms with Gasteiger partial charge in [0, 0.05) is 11.1 Å². The standard InChI is InChI=1S/C29H24N2O5S/c1-3-36-28(34)23-24(18-11-6-4-7-12-18)30-29-31(25(23)19-13-8-5-9-14-19)27(33)22(37-29)17-20-15-10-16-21(35-2)26(20)32/h4-17,25,32H,3H2,1-2H3/b22-17-/t25-/m0/s1. The number of hydrogen-bond donors (Lipinski definition) is 1. The number of carbonyl (C=O) groups excluding carboxylic acids is 1. The molecule has 1 atom stereocenters. The highest BCUT2D eigenvalue weighted by molar-refractivity contribution is 7.07. The number of phenolic OH excluding ortho intramolecular Hbond substituents is 1. The number of benzene rings is 3. The van der Waals surface area contributed by atoms with E-state index in [4.69, 9.17) is 14.5 Å². The number of nitrogens with zero attached hydrogens (tertiary/aromatic N) is 2. The van der Waals surface area contributed by atoms with Gasteiger partial charge in [0.05, 0.1) is 35.6 Å². The lowest BCUT2D eigenvalue weighted by Crippen LogP contribution is -2.39.